The third-order valence-electron chi connectivity index (χ3n) is 3.23. The predicted molar refractivity (Wildman–Crippen MR) is 91.0 cm³/mol. The summed E-state index contributed by atoms with van der Waals surface area (Å²) >= 11 is 0. The predicted octanol–water partition coefficient (Wildman–Crippen LogP) is 6.86. The third-order valence-corrected chi connectivity index (χ3v) is 3.23. The van der Waals surface area contributed by atoms with Gasteiger partial charge in [0.2, 0.25) is 0 Å². The summed E-state index contributed by atoms with van der Waals surface area (Å²) in [6, 6.07) is 6.50. The van der Waals surface area contributed by atoms with E-state index in [1.54, 1.807) is 0 Å². The van der Waals surface area contributed by atoms with Crippen molar-refractivity contribution in [2.24, 2.45) is 5.92 Å². The molecule has 0 aromatic heterocycles. The number of rotatable bonds is 4. The van der Waals surface area contributed by atoms with Gasteiger partial charge in [-0.25, -0.2) is 0 Å². The zero-order chi connectivity index (χ0) is 15.3. The van der Waals surface area contributed by atoms with E-state index >= 15 is 0 Å². The van der Waals surface area contributed by atoms with Gasteiger partial charge in [0.05, 0.1) is 0 Å². The van der Waals surface area contributed by atoms with Gasteiger partial charge in [0.15, 0.2) is 0 Å². The van der Waals surface area contributed by atoms with Crippen LogP contribution in [-0.4, -0.2) is 0 Å². The van der Waals surface area contributed by atoms with Crippen LogP contribution in [0.5, 0.6) is 0 Å². The fourth-order valence-electron chi connectivity index (χ4n) is 2.02. The van der Waals surface area contributed by atoms with Gasteiger partial charge in [0, 0.05) is 0 Å². The smallest absolute Gasteiger partial charge is 0.0395 e. The first-order valence-electron chi connectivity index (χ1n) is 8.05. The molecule has 0 unspecified atom stereocenters. The van der Waals surface area contributed by atoms with Crippen LogP contribution in [0.2, 0.25) is 0 Å². The molecule has 1 aromatic rings. The molecule has 0 atom stereocenters. The Balaban J connectivity index is 0. The zero-order valence-electron chi connectivity index (χ0n) is 14.6. The van der Waals surface area contributed by atoms with Gasteiger partial charge in [0.1, 0.15) is 0 Å². The summed E-state index contributed by atoms with van der Waals surface area (Å²) in [5.41, 5.74) is 4.11. The average molecular weight is 264 g/mol. The van der Waals surface area contributed by atoms with Crippen molar-refractivity contribution in [3.8, 4) is 0 Å². The van der Waals surface area contributed by atoms with Crippen LogP contribution in [0.3, 0.4) is 0 Å². The zero-order valence-corrected chi connectivity index (χ0v) is 14.6. The second-order valence-corrected chi connectivity index (χ2v) is 5.27. The quantitative estimate of drug-likeness (QED) is 0.557. The van der Waals surface area contributed by atoms with Crippen LogP contribution in [0.25, 0.3) is 0 Å². The molecule has 0 spiro atoms. The van der Waals surface area contributed by atoms with Crippen LogP contribution < -0.4 is 0 Å². The molecule has 0 saturated heterocycles. The number of hydrogen-bond acceptors (Lipinski definition) is 0. The molecule has 0 aliphatic heterocycles. The Morgan fingerprint density at radius 2 is 1.32 bits per heavy atom. The molecule has 0 fully saturated rings. The lowest BCUT2D eigenvalue weighted by molar-refractivity contribution is 0.480. The molecule has 0 radical (unpaired) electrons. The maximum absolute atomic E-state index is 2.34. The van der Waals surface area contributed by atoms with E-state index in [9.17, 15) is 0 Å². The maximum atomic E-state index is 2.34. The van der Waals surface area contributed by atoms with Gasteiger partial charge in [-0.1, -0.05) is 84.1 Å². The minimum absolute atomic E-state index is 0.963. The first kappa shape index (κ1) is 20.5. The van der Waals surface area contributed by atoms with Crippen molar-refractivity contribution in [3.05, 3.63) is 34.9 Å². The minimum atomic E-state index is 0.963. The van der Waals surface area contributed by atoms with E-state index in [1.807, 2.05) is 13.8 Å². The van der Waals surface area contributed by atoms with Crippen LogP contribution in [0.4, 0.5) is 0 Å². The summed E-state index contributed by atoms with van der Waals surface area (Å²) in [6.07, 6.45) is 5.52. The van der Waals surface area contributed by atoms with Gasteiger partial charge >= 0.3 is 0 Å². The second-order valence-electron chi connectivity index (χ2n) is 5.27. The largest absolute Gasteiger partial charge is 0.0683 e. The second kappa shape index (κ2) is 13.6. The third kappa shape index (κ3) is 12.0. The molecule has 0 heterocycles. The molecule has 112 valence electrons. The SMILES string of the molecule is CC.CCCC(C)CCC.Cc1ccc(C)c(C)c1. The Kier molecular flexibility index (Phi) is 14.8. The molecule has 0 aliphatic carbocycles. The minimum Gasteiger partial charge on any atom is -0.0683 e. The van der Waals surface area contributed by atoms with Gasteiger partial charge in [-0.3, -0.25) is 0 Å². The summed E-state index contributed by atoms with van der Waals surface area (Å²) in [5, 5.41) is 0. The van der Waals surface area contributed by atoms with Crippen LogP contribution in [0.15, 0.2) is 18.2 Å². The first-order valence-corrected chi connectivity index (χ1v) is 8.05. The highest BCUT2D eigenvalue weighted by molar-refractivity contribution is 5.28. The van der Waals surface area contributed by atoms with Gasteiger partial charge < -0.3 is 0 Å². The average Bonchev–Trinajstić information content (AvgIpc) is 2.38. The number of benzene rings is 1. The lowest BCUT2D eigenvalue weighted by Gasteiger charge is -2.05. The molecule has 0 bridgehead atoms. The first-order chi connectivity index (χ1) is 9.01. The van der Waals surface area contributed by atoms with E-state index in [1.165, 1.54) is 42.4 Å². The van der Waals surface area contributed by atoms with E-state index in [-0.39, 0.29) is 0 Å². The van der Waals surface area contributed by atoms with Gasteiger partial charge in [0.25, 0.3) is 0 Å². The Labute approximate surface area is 122 Å². The van der Waals surface area contributed by atoms with Crippen LogP contribution in [-0.2, 0) is 0 Å². The Bertz CT molecular complexity index is 293. The van der Waals surface area contributed by atoms with Crippen molar-refractivity contribution in [2.75, 3.05) is 0 Å². The van der Waals surface area contributed by atoms with Crippen molar-refractivity contribution in [1.82, 2.24) is 0 Å². The van der Waals surface area contributed by atoms with Crippen molar-refractivity contribution in [1.29, 1.82) is 0 Å². The van der Waals surface area contributed by atoms with E-state index in [0.29, 0.717) is 0 Å². The fourth-order valence-corrected chi connectivity index (χ4v) is 2.02. The van der Waals surface area contributed by atoms with E-state index in [2.05, 4.69) is 59.7 Å². The molecular weight excluding hydrogens is 228 g/mol. The summed E-state index contributed by atoms with van der Waals surface area (Å²) in [5.74, 6) is 0.963. The highest BCUT2D eigenvalue weighted by Crippen LogP contribution is 2.10. The molecule has 0 saturated carbocycles. The Hall–Kier alpha value is -0.780. The summed E-state index contributed by atoms with van der Waals surface area (Å²) in [4.78, 5) is 0. The maximum Gasteiger partial charge on any atom is -0.0395 e. The van der Waals surface area contributed by atoms with Crippen LogP contribution >= 0.6 is 0 Å². The van der Waals surface area contributed by atoms with Crippen molar-refractivity contribution in [2.45, 2.75) is 81.1 Å². The molecule has 0 amide bonds. The molecule has 0 aliphatic rings. The lowest BCUT2D eigenvalue weighted by Crippen LogP contribution is -1.91. The monoisotopic (exact) mass is 264 g/mol. The summed E-state index contributed by atoms with van der Waals surface area (Å²) < 4.78 is 0. The molecule has 1 rings (SSSR count). The molecule has 0 nitrogen and oxygen atoms in total. The lowest BCUT2D eigenvalue weighted by atomic mass is 10.0. The normalized spacial score (nSPS) is 9.32. The van der Waals surface area contributed by atoms with Crippen LogP contribution in [0, 0.1) is 26.7 Å². The highest BCUT2D eigenvalue weighted by Gasteiger charge is 1.95. The topological polar surface area (TPSA) is 0 Å². The van der Waals surface area contributed by atoms with Gasteiger partial charge in [-0.2, -0.15) is 0 Å². The molecule has 0 N–H and O–H groups in total. The molecule has 19 heavy (non-hydrogen) atoms. The van der Waals surface area contributed by atoms with E-state index in [4.69, 9.17) is 0 Å². The Morgan fingerprint density at radius 3 is 1.63 bits per heavy atom. The van der Waals surface area contributed by atoms with Gasteiger partial charge in [-0.15, -0.1) is 0 Å². The summed E-state index contributed by atoms with van der Waals surface area (Å²) in [7, 11) is 0. The van der Waals surface area contributed by atoms with Crippen molar-refractivity contribution in [3.63, 3.8) is 0 Å². The standard InChI is InChI=1S/C9H12.C8H18.C2H6/c1-7-4-5-8(2)9(3)6-7;1-4-6-8(3)7-5-2;1-2/h4-6H,1-3H3;8H,4-7H2,1-3H3;1-2H3. The van der Waals surface area contributed by atoms with Crippen molar-refractivity contribution < 1.29 is 0 Å². The number of hydrogen-bond donors (Lipinski definition) is 0. The molecule has 1 aromatic carbocycles. The highest BCUT2D eigenvalue weighted by atomic mass is 14.0. The Morgan fingerprint density at radius 1 is 0.842 bits per heavy atom. The van der Waals surface area contributed by atoms with E-state index in [0.717, 1.165) is 5.92 Å². The summed E-state index contributed by atoms with van der Waals surface area (Å²) in [6.45, 7) is 17.2. The van der Waals surface area contributed by atoms with E-state index < -0.39 is 0 Å². The molecular formula is C19H36. The molecule has 0 heteroatoms. The van der Waals surface area contributed by atoms with Crippen LogP contribution in [0.1, 0.15) is 77.0 Å². The van der Waals surface area contributed by atoms with Crippen molar-refractivity contribution >= 4 is 0 Å². The number of aryl methyl sites for hydroxylation is 3. The fraction of sp³-hybridized carbons (Fsp3) is 0.684. The van der Waals surface area contributed by atoms with Gasteiger partial charge in [-0.05, 0) is 37.8 Å².